The predicted molar refractivity (Wildman–Crippen MR) is 100 cm³/mol. The first kappa shape index (κ1) is 18.0. The summed E-state index contributed by atoms with van der Waals surface area (Å²) in [5.41, 5.74) is 6.26. The van der Waals surface area contributed by atoms with Crippen LogP contribution in [0.3, 0.4) is 0 Å². The highest BCUT2D eigenvalue weighted by Crippen LogP contribution is 2.15. The highest BCUT2D eigenvalue weighted by Gasteiger charge is 2.13. The van der Waals surface area contributed by atoms with Crippen molar-refractivity contribution < 1.29 is 0 Å². The SMILES string of the molecule is CCc1nn(C)c(CC)c1CNC(=NC)NCc1ccc(C)cc1. The molecule has 2 rings (SSSR count). The molecule has 0 fully saturated rings. The van der Waals surface area contributed by atoms with Crippen LogP contribution in [0.5, 0.6) is 0 Å². The van der Waals surface area contributed by atoms with Crippen molar-refractivity contribution in [2.45, 2.75) is 46.7 Å². The van der Waals surface area contributed by atoms with E-state index < -0.39 is 0 Å². The molecular weight excluding hydrogens is 298 g/mol. The Kier molecular flexibility index (Phi) is 6.41. The molecule has 24 heavy (non-hydrogen) atoms. The van der Waals surface area contributed by atoms with Crippen molar-refractivity contribution in [1.29, 1.82) is 0 Å². The molecule has 0 radical (unpaired) electrons. The lowest BCUT2D eigenvalue weighted by Gasteiger charge is -2.13. The predicted octanol–water partition coefficient (Wildman–Crippen LogP) is 2.72. The maximum Gasteiger partial charge on any atom is 0.191 e. The summed E-state index contributed by atoms with van der Waals surface area (Å²) in [6.07, 6.45) is 1.93. The van der Waals surface area contributed by atoms with E-state index >= 15 is 0 Å². The van der Waals surface area contributed by atoms with Gasteiger partial charge in [-0.25, -0.2) is 0 Å². The molecule has 0 atom stereocenters. The average Bonchev–Trinajstić information content (AvgIpc) is 2.91. The minimum Gasteiger partial charge on any atom is -0.352 e. The Balaban J connectivity index is 1.98. The third-order valence-corrected chi connectivity index (χ3v) is 4.26. The molecule has 5 nitrogen and oxygen atoms in total. The number of aryl methyl sites for hydroxylation is 3. The molecule has 1 aromatic carbocycles. The van der Waals surface area contributed by atoms with Gasteiger partial charge < -0.3 is 10.6 Å². The van der Waals surface area contributed by atoms with E-state index in [0.717, 1.165) is 37.6 Å². The van der Waals surface area contributed by atoms with Crippen molar-refractivity contribution in [3.05, 3.63) is 52.3 Å². The monoisotopic (exact) mass is 327 g/mol. The molecule has 0 saturated heterocycles. The smallest absolute Gasteiger partial charge is 0.191 e. The van der Waals surface area contributed by atoms with Crippen LogP contribution in [-0.2, 0) is 33.0 Å². The normalized spacial score (nSPS) is 11.6. The highest BCUT2D eigenvalue weighted by molar-refractivity contribution is 5.79. The first-order chi connectivity index (χ1) is 11.6. The zero-order valence-electron chi connectivity index (χ0n) is 15.5. The molecule has 2 N–H and O–H groups in total. The van der Waals surface area contributed by atoms with Crippen LogP contribution in [0.15, 0.2) is 29.3 Å². The summed E-state index contributed by atoms with van der Waals surface area (Å²) in [7, 11) is 3.82. The third-order valence-electron chi connectivity index (χ3n) is 4.26. The molecule has 0 aliphatic heterocycles. The van der Waals surface area contributed by atoms with Crippen molar-refractivity contribution >= 4 is 5.96 Å². The zero-order chi connectivity index (χ0) is 17.5. The van der Waals surface area contributed by atoms with Crippen molar-refractivity contribution in [3.8, 4) is 0 Å². The van der Waals surface area contributed by atoms with Crippen molar-refractivity contribution in [3.63, 3.8) is 0 Å². The Bertz CT molecular complexity index is 683. The Morgan fingerprint density at radius 2 is 1.75 bits per heavy atom. The fourth-order valence-electron chi connectivity index (χ4n) is 2.88. The number of aliphatic imine (C=N–C) groups is 1. The van der Waals surface area contributed by atoms with Gasteiger partial charge in [-0.15, -0.1) is 0 Å². The van der Waals surface area contributed by atoms with Gasteiger partial charge in [0.05, 0.1) is 5.69 Å². The maximum atomic E-state index is 4.62. The molecule has 5 heteroatoms. The summed E-state index contributed by atoms with van der Waals surface area (Å²) in [5.74, 6) is 0.809. The summed E-state index contributed by atoms with van der Waals surface area (Å²) in [6, 6.07) is 8.54. The van der Waals surface area contributed by atoms with Gasteiger partial charge in [0.15, 0.2) is 5.96 Å². The van der Waals surface area contributed by atoms with Crippen molar-refractivity contribution in [2.24, 2.45) is 12.0 Å². The lowest BCUT2D eigenvalue weighted by Crippen LogP contribution is -2.36. The first-order valence-corrected chi connectivity index (χ1v) is 8.62. The van der Waals surface area contributed by atoms with Crippen LogP contribution in [0.1, 0.15) is 41.9 Å². The second-order valence-electron chi connectivity index (χ2n) is 5.97. The quantitative estimate of drug-likeness (QED) is 0.633. The van der Waals surface area contributed by atoms with Crippen LogP contribution >= 0.6 is 0 Å². The molecule has 0 saturated carbocycles. The molecule has 130 valence electrons. The number of aromatic nitrogens is 2. The molecule has 0 spiro atoms. The number of hydrogen-bond donors (Lipinski definition) is 2. The van der Waals surface area contributed by atoms with Gasteiger partial charge >= 0.3 is 0 Å². The summed E-state index contributed by atoms with van der Waals surface area (Å²) < 4.78 is 2.00. The summed E-state index contributed by atoms with van der Waals surface area (Å²) in [5, 5.41) is 11.4. The summed E-state index contributed by atoms with van der Waals surface area (Å²) in [4.78, 5) is 4.32. The van der Waals surface area contributed by atoms with E-state index in [-0.39, 0.29) is 0 Å². The van der Waals surface area contributed by atoms with Gasteiger partial charge in [-0.3, -0.25) is 9.67 Å². The van der Waals surface area contributed by atoms with Gasteiger partial charge in [-0.2, -0.15) is 5.10 Å². The number of nitrogens with one attached hydrogen (secondary N) is 2. The van der Waals surface area contributed by atoms with Gasteiger partial charge in [-0.1, -0.05) is 43.7 Å². The van der Waals surface area contributed by atoms with E-state index in [1.807, 2.05) is 11.7 Å². The standard InChI is InChI=1S/C19H29N5/c1-6-17-16(18(7-2)24(5)23-17)13-22-19(20-4)21-12-15-10-8-14(3)9-11-15/h8-11H,6-7,12-13H2,1-5H3,(H2,20,21,22). The van der Waals surface area contributed by atoms with Crippen LogP contribution in [-0.4, -0.2) is 22.8 Å². The van der Waals surface area contributed by atoms with Gasteiger partial charge in [0.2, 0.25) is 0 Å². The van der Waals surface area contributed by atoms with Crippen LogP contribution in [0.2, 0.25) is 0 Å². The van der Waals surface area contributed by atoms with Gasteiger partial charge in [0, 0.05) is 38.4 Å². The summed E-state index contributed by atoms with van der Waals surface area (Å²) in [6.45, 7) is 7.92. The molecule has 0 aliphatic carbocycles. The van der Waals surface area contributed by atoms with E-state index in [1.165, 1.54) is 22.4 Å². The molecule has 0 aliphatic rings. The molecule has 1 aromatic heterocycles. The lowest BCUT2D eigenvalue weighted by molar-refractivity contribution is 0.702. The van der Waals surface area contributed by atoms with E-state index in [2.05, 4.69) is 65.8 Å². The Hall–Kier alpha value is -2.30. The molecule has 0 unspecified atom stereocenters. The van der Waals surface area contributed by atoms with Crippen LogP contribution in [0.25, 0.3) is 0 Å². The number of benzene rings is 1. The van der Waals surface area contributed by atoms with Crippen molar-refractivity contribution in [1.82, 2.24) is 20.4 Å². The van der Waals surface area contributed by atoms with Crippen LogP contribution in [0, 0.1) is 6.92 Å². The Labute approximate surface area is 145 Å². The van der Waals surface area contributed by atoms with Crippen LogP contribution < -0.4 is 10.6 Å². The van der Waals surface area contributed by atoms with Crippen molar-refractivity contribution in [2.75, 3.05) is 7.05 Å². The average molecular weight is 327 g/mol. The first-order valence-electron chi connectivity index (χ1n) is 8.62. The molecule has 0 amide bonds. The van der Waals surface area contributed by atoms with Gasteiger partial charge in [-0.05, 0) is 25.3 Å². The second-order valence-corrected chi connectivity index (χ2v) is 5.97. The van der Waals surface area contributed by atoms with E-state index in [0.29, 0.717) is 0 Å². The molecular formula is C19H29N5. The Morgan fingerprint density at radius 3 is 2.33 bits per heavy atom. The Morgan fingerprint density at radius 1 is 1.08 bits per heavy atom. The summed E-state index contributed by atoms with van der Waals surface area (Å²) >= 11 is 0. The van der Waals surface area contributed by atoms with E-state index in [1.54, 1.807) is 7.05 Å². The zero-order valence-corrected chi connectivity index (χ0v) is 15.5. The minimum atomic E-state index is 0.744. The van der Waals surface area contributed by atoms with Crippen LogP contribution in [0.4, 0.5) is 0 Å². The second kappa shape index (κ2) is 8.52. The molecule has 2 aromatic rings. The fraction of sp³-hybridized carbons (Fsp3) is 0.474. The number of guanidine groups is 1. The lowest BCUT2D eigenvalue weighted by atomic mass is 10.1. The highest BCUT2D eigenvalue weighted by atomic mass is 15.3. The minimum absolute atomic E-state index is 0.744. The number of rotatable bonds is 6. The number of nitrogens with zero attached hydrogens (tertiary/aromatic N) is 3. The largest absolute Gasteiger partial charge is 0.352 e. The van der Waals surface area contributed by atoms with E-state index in [4.69, 9.17) is 0 Å². The van der Waals surface area contributed by atoms with E-state index in [9.17, 15) is 0 Å². The van der Waals surface area contributed by atoms with Gasteiger partial charge in [0.1, 0.15) is 0 Å². The van der Waals surface area contributed by atoms with Gasteiger partial charge in [0.25, 0.3) is 0 Å². The molecule has 1 heterocycles. The number of hydrogen-bond acceptors (Lipinski definition) is 2. The third kappa shape index (κ3) is 4.37. The molecule has 0 bridgehead atoms. The maximum absolute atomic E-state index is 4.62. The topological polar surface area (TPSA) is 54.2 Å². The fourth-order valence-corrected chi connectivity index (χ4v) is 2.88.